The molecule has 0 heterocycles. The van der Waals surface area contributed by atoms with Gasteiger partial charge in [0, 0.05) is 13.1 Å². The molecular weight excluding hydrogens is 181 g/mol. The average Bonchev–Trinajstić information content (AvgIpc) is 1.95. The summed E-state index contributed by atoms with van der Waals surface area (Å²) in [5.74, 6) is -1.94. The summed E-state index contributed by atoms with van der Waals surface area (Å²) in [7, 11) is 0. The van der Waals surface area contributed by atoms with Gasteiger partial charge in [0.25, 0.3) is 0 Å². The van der Waals surface area contributed by atoms with Gasteiger partial charge in [0.05, 0.1) is 6.07 Å². The molecule has 1 unspecified atom stereocenters. The Hall–Kier alpha value is -1.02. The van der Waals surface area contributed by atoms with Crippen molar-refractivity contribution in [1.82, 2.24) is 5.32 Å². The fourth-order valence-electron chi connectivity index (χ4n) is 0.664. The second kappa shape index (κ2) is 4.87. The Balaban J connectivity index is 3.89. The molecule has 1 atom stereocenters. The van der Waals surface area contributed by atoms with E-state index in [2.05, 4.69) is 11.9 Å². The zero-order valence-electron chi connectivity index (χ0n) is 7.28. The van der Waals surface area contributed by atoms with Crippen LogP contribution in [0.25, 0.3) is 0 Å². The van der Waals surface area contributed by atoms with Gasteiger partial charge in [0.15, 0.2) is 5.92 Å². The van der Waals surface area contributed by atoms with Gasteiger partial charge in [0.1, 0.15) is 0 Å². The first kappa shape index (κ1) is 12.0. The molecule has 0 saturated carbocycles. The van der Waals surface area contributed by atoms with Gasteiger partial charge in [-0.25, -0.2) is 0 Å². The van der Waals surface area contributed by atoms with E-state index in [1.807, 2.05) is 0 Å². The highest BCUT2D eigenvalue weighted by Crippen LogP contribution is 2.24. The van der Waals surface area contributed by atoms with Gasteiger partial charge in [-0.3, -0.25) is 0 Å². The third kappa shape index (κ3) is 5.26. The summed E-state index contributed by atoms with van der Waals surface area (Å²) in [6.07, 6.45) is -4.45. The first-order chi connectivity index (χ1) is 5.88. The van der Waals surface area contributed by atoms with E-state index in [9.17, 15) is 13.2 Å². The Morgan fingerprint density at radius 3 is 2.46 bits per heavy atom. The molecule has 0 fully saturated rings. The number of hydrogen-bond donors (Lipinski definition) is 1. The second-order valence-corrected chi connectivity index (χ2v) is 2.81. The van der Waals surface area contributed by atoms with Gasteiger partial charge >= 0.3 is 6.18 Å². The molecule has 5 heteroatoms. The maximum absolute atomic E-state index is 12.0. The molecule has 13 heavy (non-hydrogen) atoms. The van der Waals surface area contributed by atoms with Crippen molar-refractivity contribution >= 4 is 0 Å². The molecule has 0 rings (SSSR count). The van der Waals surface area contributed by atoms with Crippen LogP contribution >= 0.6 is 0 Å². The molecule has 0 saturated heterocycles. The van der Waals surface area contributed by atoms with Crippen LogP contribution < -0.4 is 5.32 Å². The van der Waals surface area contributed by atoms with E-state index in [-0.39, 0.29) is 6.54 Å². The van der Waals surface area contributed by atoms with Crippen LogP contribution in [0.3, 0.4) is 0 Å². The van der Waals surface area contributed by atoms with Gasteiger partial charge < -0.3 is 5.32 Å². The zero-order chi connectivity index (χ0) is 10.5. The minimum absolute atomic E-state index is 0.300. The van der Waals surface area contributed by atoms with Crippen LogP contribution in [0.1, 0.15) is 6.92 Å². The molecule has 0 amide bonds. The van der Waals surface area contributed by atoms with Crippen molar-refractivity contribution in [3.05, 3.63) is 12.2 Å². The van der Waals surface area contributed by atoms with E-state index >= 15 is 0 Å². The Morgan fingerprint density at radius 2 is 2.15 bits per heavy atom. The summed E-state index contributed by atoms with van der Waals surface area (Å²) in [5, 5.41) is 10.7. The van der Waals surface area contributed by atoms with Gasteiger partial charge in [-0.1, -0.05) is 12.2 Å². The highest BCUT2D eigenvalue weighted by Gasteiger charge is 2.39. The van der Waals surface area contributed by atoms with Crippen molar-refractivity contribution in [2.24, 2.45) is 5.92 Å². The molecule has 0 bridgehead atoms. The van der Waals surface area contributed by atoms with E-state index in [4.69, 9.17) is 5.26 Å². The Kier molecular flexibility index (Phi) is 4.49. The Labute approximate surface area is 75.0 Å². The average molecular weight is 192 g/mol. The molecule has 0 aliphatic carbocycles. The molecule has 0 aromatic heterocycles. The number of alkyl halides is 3. The molecule has 1 N–H and O–H groups in total. The van der Waals surface area contributed by atoms with Crippen molar-refractivity contribution in [2.45, 2.75) is 13.1 Å². The maximum atomic E-state index is 12.0. The van der Waals surface area contributed by atoms with E-state index in [1.54, 1.807) is 6.92 Å². The van der Waals surface area contributed by atoms with Gasteiger partial charge in [-0.2, -0.15) is 18.4 Å². The maximum Gasteiger partial charge on any atom is 0.405 e. The molecule has 0 aromatic carbocycles. The fourth-order valence-corrected chi connectivity index (χ4v) is 0.664. The van der Waals surface area contributed by atoms with Crippen molar-refractivity contribution in [1.29, 1.82) is 5.26 Å². The van der Waals surface area contributed by atoms with Crippen LogP contribution in [0.2, 0.25) is 0 Å². The van der Waals surface area contributed by atoms with Gasteiger partial charge in [0.2, 0.25) is 0 Å². The van der Waals surface area contributed by atoms with Crippen LogP contribution in [0.5, 0.6) is 0 Å². The summed E-state index contributed by atoms with van der Waals surface area (Å²) in [6, 6.07) is 1.20. The highest BCUT2D eigenvalue weighted by atomic mass is 19.4. The molecule has 2 nitrogen and oxygen atoms in total. The van der Waals surface area contributed by atoms with E-state index < -0.39 is 12.1 Å². The summed E-state index contributed by atoms with van der Waals surface area (Å²) < 4.78 is 35.9. The van der Waals surface area contributed by atoms with E-state index in [1.165, 1.54) is 6.07 Å². The van der Waals surface area contributed by atoms with Crippen LogP contribution in [-0.4, -0.2) is 19.3 Å². The Morgan fingerprint density at radius 1 is 1.62 bits per heavy atom. The number of nitriles is 1. The van der Waals surface area contributed by atoms with Crippen molar-refractivity contribution in [2.75, 3.05) is 13.1 Å². The van der Waals surface area contributed by atoms with Crippen LogP contribution in [0.15, 0.2) is 12.2 Å². The molecule has 0 aliphatic heterocycles. The van der Waals surface area contributed by atoms with Crippen LogP contribution in [0, 0.1) is 17.2 Å². The van der Waals surface area contributed by atoms with E-state index in [0.717, 1.165) is 5.57 Å². The normalized spacial score (nSPS) is 13.5. The SMILES string of the molecule is C=C(C)CNCC(C#N)C(F)(F)F. The third-order valence-corrected chi connectivity index (χ3v) is 1.33. The molecule has 74 valence electrons. The first-order valence-electron chi connectivity index (χ1n) is 3.69. The fraction of sp³-hybridized carbons (Fsp3) is 0.625. The predicted octanol–water partition coefficient (Wildman–Crippen LogP) is 1.85. The topological polar surface area (TPSA) is 35.8 Å². The van der Waals surface area contributed by atoms with Crippen LogP contribution in [0.4, 0.5) is 13.2 Å². The summed E-state index contributed by atoms with van der Waals surface area (Å²) in [4.78, 5) is 0. The summed E-state index contributed by atoms with van der Waals surface area (Å²) in [5.41, 5.74) is 0.735. The lowest BCUT2D eigenvalue weighted by Gasteiger charge is -2.13. The predicted molar refractivity (Wildman–Crippen MR) is 42.8 cm³/mol. The van der Waals surface area contributed by atoms with E-state index in [0.29, 0.717) is 6.54 Å². The number of hydrogen-bond acceptors (Lipinski definition) is 2. The minimum Gasteiger partial charge on any atom is -0.311 e. The minimum atomic E-state index is -4.45. The smallest absolute Gasteiger partial charge is 0.311 e. The molecule has 0 spiro atoms. The van der Waals surface area contributed by atoms with Crippen LogP contribution in [-0.2, 0) is 0 Å². The molecule has 0 radical (unpaired) electrons. The second-order valence-electron chi connectivity index (χ2n) is 2.81. The summed E-state index contributed by atoms with van der Waals surface area (Å²) in [6.45, 7) is 5.13. The zero-order valence-corrected chi connectivity index (χ0v) is 7.28. The third-order valence-electron chi connectivity index (χ3n) is 1.33. The van der Waals surface area contributed by atoms with Gasteiger partial charge in [-0.15, -0.1) is 0 Å². The van der Waals surface area contributed by atoms with Crippen molar-refractivity contribution < 1.29 is 13.2 Å². The number of rotatable bonds is 4. The van der Waals surface area contributed by atoms with Crippen molar-refractivity contribution in [3.8, 4) is 6.07 Å². The largest absolute Gasteiger partial charge is 0.405 e. The lowest BCUT2D eigenvalue weighted by molar-refractivity contribution is -0.157. The number of halogens is 3. The summed E-state index contributed by atoms with van der Waals surface area (Å²) >= 11 is 0. The first-order valence-corrected chi connectivity index (χ1v) is 3.69. The highest BCUT2D eigenvalue weighted by molar-refractivity contribution is 4.94. The molecular formula is C8H11F3N2. The lowest BCUT2D eigenvalue weighted by Crippen LogP contribution is -2.33. The van der Waals surface area contributed by atoms with Crippen molar-refractivity contribution in [3.63, 3.8) is 0 Å². The number of nitrogens with one attached hydrogen (secondary N) is 1. The Bertz CT molecular complexity index is 214. The quantitative estimate of drug-likeness (QED) is 0.690. The lowest BCUT2D eigenvalue weighted by atomic mass is 10.1. The van der Waals surface area contributed by atoms with Gasteiger partial charge in [-0.05, 0) is 6.92 Å². The monoisotopic (exact) mass is 192 g/mol. The molecule has 0 aliphatic rings. The molecule has 0 aromatic rings. The standard InChI is InChI=1S/C8H11F3N2/c1-6(2)4-13-5-7(3-12)8(9,10)11/h7,13H,1,4-5H2,2H3. The number of nitrogens with zero attached hydrogens (tertiary/aromatic N) is 1.